The number of aromatic nitrogens is 1. The van der Waals surface area contributed by atoms with Gasteiger partial charge in [-0.15, -0.1) is 0 Å². The van der Waals surface area contributed by atoms with Crippen LogP contribution in [0.4, 0.5) is 11.5 Å². The van der Waals surface area contributed by atoms with Crippen LogP contribution >= 0.6 is 0 Å². The van der Waals surface area contributed by atoms with E-state index in [0.717, 1.165) is 12.8 Å². The van der Waals surface area contributed by atoms with Crippen molar-refractivity contribution in [3.05, 3.63) is 28.4 Å². The van der Waals surface area contributed by atoms with E-state index in [1.165, 1.54) is 12.3 Å². The number of nitrogens with one attached hydrogen (secondary N) is 1. The van der Waals surface area contributed by atoms with E-state index >= 15 is 0 Å². The lowest BCUT2D eigenvalue weighted by Gasteiger charge is -2.21. The first-order chi connectivity index (χ1) is 10.5. The molecule has 0 aliphatic carbocycles. The third kappa shape index (κ3) is 3.91. The van der Waals surface area contributed by atoms with Crippen LogP contribution in [0.15, 0.2) is 18.3 Å². The van der Waals surface area contributed by atoms with E-state index < -0.39 is 11.0 Å². The fraction of sp³-hybridized carbons (Fsp3) is 0.571. The van der Waals surface area contributed by atoms with Crippen LogP contribution in [0.25, 0.3) is 0 Å². The Morgan fingerprint density at radius 2 is 2.41 bits per heavy atom. The van der Waals surface area contributed by atoms with Gasteiger partial charge < -0.3 is 16.0 Å². The Morgan fingerprint density at radius 1 is 1.64 bits per heavy atom. The molecule has 1 aromatic heterocycles. The average molecular weight is 307 g/mol. The highest BCUT2D eigenvalue weighted by molar-refractivity contribution is 5.82. The number of carbonyl (C=O) groups excluding carboxylic acids is 1. The highest BCUT2D eigenvalue weighted by Crippen LogP contribution is 2.17. The van der Waals surface area contributed by atoms with Crippen molar-refractivity contribution in [1.29, 1.82) is 0 Å². The van der Waals surface area contributed by atoms with Crippen molar-refractivity contribution in [3.8, 4) is 0 Å². The summed E-state index contributed by atoms with van der Waals surface area (Å²) in [6, 6.07) is 2.64. The van der Waals surface area contributed by atoms with Crippen molar-refractivity contribution >= 4 is 17.4 Å². The van der Waals surface area contributed by atoms with Gasteiger partial charge in [0.1, 0.15) is 12.0 Å². The number of hydrogen-bond acceptors (Lipinski definition) is 6. The van der Waals surface area contributed by atoms with Crippen molar-refractivity contribution in [3.63, 3.8) is 0 Å². The van der Waals surface area contributed by atoms with E-state index in [9.17, 15) is 14.9 Å². The molecule has 1 amide bonds. The minimum atomic E-state index is -0.484. The first-order valence-electron chi connectivity index (χ1n) is 7.42. The molecule has 2 heterocycles. The van der Waals surface area contributed by atoms with Crippen LogP contribution in [0.2, 0.25) is 0 Å². The van der Waals surface area contributed by atoms with Crippen LogP contribution in [0.5, 0.6) is 0 Å². The van der Waals surface area contributed by atoms with Gasteiger partial charge in [-0.25, -0.2) is 4.98 Å². The minimum Gasteiger partial charge on any atom is -0.365 e. The van der Waals surface area contributed by atoms with Gasteiger partial charge >= 0.3 is 0 Å². The highest BCUT2D eigenvalue weighted by Gasteiger charge is 2.29. The summed E-state index contributed by atoms with van der Waals surface area (Å²) in [6.45, 7) is 3.25. The molecule has 0 spiro atoms. The summed E-state index contributed by atoms with van der Waals surface area (Å²) in [6.07, 6.45) is 3.60. The molecule has 1 fully saturated rings. The Balaban J connectivity index is 1.88. The Labute approximate surface area is 128 Å². The molecule has 2 rings (SSSR count). The summed E-state index contributed by atoms with van der Waals surface area (Å²) < 4.78 is 0. The topological polar surface area (TPSA) is 114 Å². The maximum Gasteiger partial charge on any atom is 0.287 e. The predicted molar refractivity (Wildman–Crippen MR) is 82.4 cm³/mol. The number of likely N-dealkylation sites (tertiary alicyclic amines) is 1. The van der Waals surface area contributed by atoms with Crippen LogP contribution in [0, 0.1) is 10.1 Å². The third-order valence-corrected chi connectivity index (χ3v) is 3.73. The smallest absolute Gasteiger partial charge is 0.287 e. The van der Waals surface area contributed by atoms with E-state index in [2.05, 4.69) is 10.3 Å². The molecule has 8 nitrogen and oxygen atoms in total. The fourth-order valence-corrected chi connectivity index (χ4v) is 2.54. The number of rotatable bonds is 6. The molecule has 2 unspecified atom stereocenters. The minimum absolute atomic E-state index is 0.0113. The molecule has 120 valence electrons. The number of amides is 1. The summed E-state index contributed by atoms with van der Waals surface area (Å²) in [7, 11) is 0. The fourth-order valence-electron chi connectivity index (χ4n) is 2.54. The molecule has 0 bridgehead atoms. The van der Waals surface area contributed by atoms with Gasteiger partial charge in [-0.3, -0.25) is 14.9 Å². The van der Waals surface area contributed by atoms with Gasteiger partial charge in [0.2, 0.25) is 5.91 Å². The van der Waals surface area contributed by atoms with Gasteiger partial charge in [0.05, 0.1) is 11.0 Å². The van der Waals surface area contributed by atoms with Gasteiger partial charge in [-0.1, -0.05) is 13.3 Å². The normalized spacial score (nSPS) is 19.0. The second-order valence-corrected chi connectivity index (χ2v) is 5.47. The zero-order chi connectivity index (χ0) is 16.1. The number of nitrogens with zero attached hydrogens (tertiary/aromatic N) is 3. The molecule has 1 aromatic rings. The molecule has 3 N–H and O–H groups in total. The maximum atomic E-state index is 12.1. The highest BCUT2D eigenvalue weighted by atomic mass is 16.6. The van der Waals surface area contributed by atoms with Gasteiger partial charge in [-0.05, 0) is 18.9 Å². The summed E-state index contributed by atoms with van der Waals surface area (Å²) in [4.78, 5) is 28.0. The standard InChI is InChI=1S/C14H21N5O3/c1-2-3-12(15)14(20)18-7-6-10(9-18)17-13-5-4-11(8-16-13)19(21)22/h4-5,8,10,12H,2-3,6-7,9,15H2,1H3,(H,16,17). The molecule has 0 saturated carbocycles. The molecule has 22 heavy (non-hydrogen) atoms. The largest absolute Gasteiger partial charge is 0.365 e. The van der Waals surface area contributed by atoms with E-state index in [1.807, 2.05) is 6.92 Å². The molecular weight excluding hydrogens is 286 g/mol. The quantitative estimate of drug-likeness (QED) is 0.601. The van der Waals surface area contributed by atoms with Crippen molar-refractivity contribution < 1.29 is 9.72 Å². The summed E-state index contributed by atoms with van der Waals surface area (Å²) in [5.41, 5.74) is 5.82. The molecule has 8 heteroatoms. The number of nitro groups is 1. The molecule has 0 radical (unpaired) electrons. The van der Waals surface area contributed by atoms with Crippen LogP contribution < -0.4 is 11.1 Å². The molecule has 1 saturated heterocycles. The van der Waals surface area contributed by atoms with Crippen LogP contribution in [0.1, 0.15) is 26.2 Å². The van der Waals surface area contributed by atoms with E-state index in [0.29, 0.717) is 25.3 Å². The number of nitrogens with two attached hydrogens (primary N) is 1. The molecule has 2 atom stereocenters. The number of pyridine rings is 1. The first kappa shape index (κ1) is 16.2. The van der Waals surface area contributed by atoms with Gasteiger partial charge in [-0.2, -0.15) is 0 Å². The average Bonchev–Trinajstić information content (AvgIpc) is 2.95. The van der Waals surface area contributed by atoms with Crippen LogP contribution in [-0.2, 0) is 4.79 Å². The van der Waals surface area contributed by atoms with Crippen molar-refractivity contribution in [2.75, 3.05) is 18.4 Å². The lowest BCUT2D eigenvalue weighted by Crippen LogP contribution is -2.43. The lowest BCUT2D eigenvalue weighted by atomic mass is 10.1. The summed E-state index contributed by atoms with van der Waals surface area (Å²) in [5.74, 6) is 0.561. The van der Waals surface area contributed by atoms with E-state index in [4.69, 9.17) is 5.73 Å². The van der Waals surface area contributed by atoms with E-state index in [-0.39, 0.29) is 17.6 Å². The monoisotopic (exact) mass is 307 g/mol. The third-order valence-electron chi connectivity index (χ3n) is 3.73. The Hall–Kier alpha value is -2.22. The van der Waals surface area contributed by atoms with Crippen LogP contribution in [-0.4, -0.2) is 45.9 Å². The van der Waals surface area contributed by atoms with Crippen molar-refractivity contribution in [2.45, 2.75) is 38.3 Å². The van der Waals surface area contributed by atoms with Gasteiger partial charge in [0, 0.05) is 25.2 Å². The van der Waals surface area contributed by atoms with Crippen molar-refractivity contribution in [1.82, 2.24) is 9.88 Å². The Morgan fingerprint density at radius 3 is 3.00 bits per heavy atom. The summed E-state index contributed by atoms with van der Waals surface area (Å²) in [5, 5.41) is 13.8. The Bertz CT molecular complexity index is 534. The van der Waals surface area contributed by atoms with Crippen LogP contribution in [0.3, 0.4) is 0 Å². The number of anilines is 1. The van der Waals surface area contributed by atoms with Gasteiger partial charge in [0.15, 0.2) is 0 Å². The SMILES string of the molecule is CCCC(N)C(=O)N1CCC(Nc2ccc([N+](=O)[O-])cn2)C1. The second kappa shape index (κ2) is 7.17. The van der Waals surface area contributed by atoms with E-state index in [1.54, 1.807) is 11.0 Å². The molecule has 1 aliphatic heterocycles. The zero-order valence-corrected chi connectivity index (χ0v) is 12.6. The van der Waals surface area contributed by atoms with Gasteiger partial charge in [0.25, 0.3) is 5.69 Å². The van der Waals surface area contributed by atoms with Crippen molar-refractivity contribution in [2.24, 2.45) is 5.73 Å². The molecule has 0 aromatic carbocycles. The summed E-state index contributed by atoms with van der Waals surface area (Å²) >= 11 is 0. The molecular formula is C14H21N5O3. The Kier molecular flexibility index (Phi) is 5.26. The zero-order valence-electron chi connectivity index (χ0n) is 12.6. The predicted octanol–water partition coefficient (Wildman–Crippen LogP) is 1.13. The number of hydrogen-bond donors (Lipinski definition) is 2. The number of carbonyl (C=O) groups is 1. The lowest BCUT2D eigenvalue weighted by molar-refractivity contribution is -0.385. The molecule has 1 aliphatic rings. The first-order valence-corrected chi connectivity index (χ1v) is 7.42. The second-order valence-electron chi connectivity index (χ2n) is 5.47. The maximum absolute atomic E-state index is 12.1.